The Hall–Kier alpha value is -3.31. The lowest BCUT2D eigenvalue weighted by atomic mass is 10.0. The van der Waals surface area contributed by atoms with Crippen molar-refractivity contribution in [2.75, 3.05) is 24.4 Å². The van der Waals surface area contributed by atoms with E-state index in [4.69, 9.17) is 9.72 Å². The number of methoxy groups -OCH3 is 1. The Balaban J connectivity index is 1.58. The molecule has 1 aliphatic rings. The third-order valence-corrected chi connectivity index (χ3v) is 7.38. The number of fused-ring (bicyclic) bond motifs is 1. The van der Waals surface area contributed by atoms with E-state index >= 15 is 0 Å². The van der Waals surface area contributed by atoms with E-state index in [1.165, 1.54) is 11.3 Å². The molecule has 5 rings (SSSR count). The number of rotatable bonds is 7. The fourth-order valence-electron chi connectivity index (χ4n) is 4.42. The fourth-order valence-corrected chi connectivity index (χ4v) is 5.48. The van der Waals surface area contributed by atoms with Crippen LogP contribution in [0.4, 0.5) is 17.5 Å². The molecular formula is C25H27N5O4S. The van der Waals surface area contributed by atoms with E-state index in [-0.39, 0.29) is 13.0 Å². The van der Waals surface area contributed by atoms with Gasteiger partial charge < -0.3 is 30.7 Å². The summed E-state index contributed by atoms with van der Waals surface area (Å²) in [6, 6.07) is 15.2. The first-order valence-electron chi connectivity index (χ1n) is 11.4. The first-order valence-corrected chi connectivity index (χ1v) is 12.2. The third-order valence-electron chi connectivity index (χ3n) is 6.32. The average Bonchev–Trinajstić information content (AvgIpc) is 3.39. The summed E-state index contributed by atoms with van der Waals surface area (Å²) >= 11 is 1.50. The molecule has 35 heavy (non-hydrogen) atoms. The number of thiazole rings is 1. The van der Waals surface area contributed by atoms with E-state index in [0.29, 0.717) is 40.2 Å². The van der Waals surface area contributed by atoms with Gasteiger partial charge in [-0.1, -0.05) is 18.2 Å². The lowest BCUT2D eigenvalue weighted by Gasteiger charge is -2.31. The van der Waals surface area contributed by atoms with E-state index in [2.05, 4.69) is 20.6 Å². The van der Waals surface area contributed by atoms with Crippen molar-refractivity contribution < 1.29 is 20.1 Å². The van der Waals surface area contributed by atoms with Gasteiger partial charge in [-0.3, -0.25) is 0 Å². The standard InChI is InChI=1S/C25H27N5O4S/c1-14-20(23-28-18-8-3-4-9-19(18)35-23)22(30-25(33)11-10-15(13-31)21(25)32)29-24(26-14)27-16-6-5-7-17(12-16)34-2/h3-9,12,15,21,31-33H,10-11,13H2,1-2H3,(H2,26,27,29,30)/t15-,21-,25-/m1/s1. The van der Waals surface area contributed by atoms with Crippen molar-refractivity contribution in [2.24, 2.45) is 5.92 Å². The van der Waals surface area contributed by atoms with Crippen LogP contribution in [0.25, 0.3) is 20.8 Å². The minimum atomic E-state index is -1.65. The summed E-state index contributed by atoms with van der Waals surface area (Å²) in [5.41, 5.74) is 1.25. The molecule has 4 aromatic rings. The van der Waals surface area contributed by atoms with Crippen LogP contribution in [0.3, 0.4) is 0 Å². The van der Waals surface area contributed by atoms with Crippen molar-refractivity contribution in [3.8, 4) is 16.3 Å². The van der Waals surface area contributed by atoms with Gasteiger partial charge in [-0.25, -0.2) is 9.97 Å². The van der Waals surface area contributed by atoms with E-state index in [1.807, 2.05) is 55.5 Å². The molecule has 3 atom stereocenters. The molecule has 0 unspecified atom stereocenters. The molecule has 0 spiro atoms. The van der Waals surface area contributed by atoms with Crippen molar-refractivity contribution in [3.63, 3.8) is 0 Å². The molecule has 0 aliphatic heterocycles. The molecule has 2 aromatic heterocycles. The second kappa shape index (κ2) is 9.38. The smallest absolute Gasteiger partial charge is 0.229 e. The van der Waals surface area contributed by atoms with Crippen LogP contribution in [0.15, 0.2) is 48.5 Å². The van der Waals surface area contributed by atoms with Gasteiger partial charge in [0.05, 0.1) is 28.6 Å². The van der Waals surface area contributed by atoms with Crippen LogP contribution < -0.4 is 15.4 Å². The average molecular weight is 494 g/mol. The molecule has 0 radical (unpaired) electrons. The van der Waals surface area contributed by atoms with Gasteiger partial charge in [0.2, 0.25) is 5.95 Å². The summed E-state index contributed by atoms with van der Waals surface area (Å²) in [4.78, 5) is 14.1. The van der Waals surface area contributed by atoms with Gasteiger partial charge in [-0.2, -0.15) is 4.98 Å². The zero-order valence-electron chi connectivity index (χ0n) is 19.4. The van der Waals surface area contributed by atoms with Crippen LogP contribution in [-0.4, -0.2) is 55.8 Å². The molecule has 10 heteroatoms. The normalized spacial score (nSPS) is 21.9. The molecule has 0 bridgehead atoms. The third kappa shape index (κ3) is 4.53. The quantitative estimate of drug-likeness (QED) is 0.245. The SMILES string of the molecule is COc1cccc(Nc2nc(C)c(-c3nc4ccccc4s3)c(N[C@@]3(O)CC[C@H](CO)[C@H]3O)n2)c1. The second-order valence-corrected chi connectivity index (χ2v) is 9.71. The van der Waals surface area contributed by atoms with E-state index < -0.39 is 17.7 Å². The van der Waals surface area contributed by atoms with Gasteiger partial charge in [0.15, 0.2) is 5.72 Å². The molecule has 2 aromatic carbocycles. The number of hydrogen-bond acceptors (Lipinski definition) is 10. The number of nitrogens with one attached hydrogen (secondary N) is 2. The van der Waals surface area contributed by atoms with Crippen molar-refractivity contribution in [2.45, 2.75) is 31.6 Å². The maximum Gasteiger partial charge on any atom is 0.229 e. The maximum absolute atomic E-state index is 11.3. The molecule has 5 N–H and O–H groups in total. The van der Waals surface area contributed by atoms with Crippen LogP contribution >= 0.6 is 11.3 Å². The predicted octanol–water partition coefficient (Wildman–Crippen LogP) is 3.68. The van der Waals surface area contributed by atoms with Gasteiger partial charge >= 0.3 is 0 Å². The zero-order valence-corrected chi connectivity index (χ0v) is 20.2. The van der Waals surface area contributed by atoms with Gasteiger partial charge in [0.25, 0.3) is 0 Å². The molecular weight excluding hydrogens is 466 g/mol. The minimum absolute atomic E-state index is 0.207. The molecule has 9 nitrogen and oxygen atoms in total. The topological polar surface area (TPSA) is 133 Å². The van der Waals surface area contributed by atoms with Gasteiger partial charge in [-0.05, 0) is 44.0 Å². The van der Waals surface area contributed by atoms with Crippen LogP contribution in [0.5, 0.6) is 5.75 Å². The highest BCUT2D eigenvalue weighted by Crippen LogP contribution is 2.40. The first kappa shape index (κ1) is 23.4. The summed E-state index contributed by atoms with van der Waals surface area (Å²) in [5, 5.41) is 38.6. The number of aliphatic hydroxyl groups is 3. The van der Waals surface area contributed by atoms with Gasteiger partial charge in [0.1, 0.15) is 22.7 Å². The van der Waals surface area contributed by atoms with E-state index in [9.17, 15) is 15.3 Å². The first-order chi connectivity index (χ1) is 16.9. The Labute approximate surface area is 206 Å². The minimum Gasteiger partial charge on any atom is -0.497 e. The number of aliphatic hydroxyl groups excluding tert-OH is 2. The van der Waals surface area contributed by atoms with Crippen molar-refractivity contribution >= 4 is 39.0 Å². The van der Waals surface area contributed by atoms with Crippen LogP contribution in [0, 0.1) is 12.8 Å². The second-order valence-electron chi connectivity index (χ2n) is 8.68. The highest BCUT2D eigenvalue weighted by Gasteiger charge is 2.47. The van der Waals surface area contributed by atoms with E-state index in [1.54, 1.807) is 7.11 Å². The summed E-state index contributed by atoms with van der Waals surface area (Å²) < 4.78 is 6.32. The Kier molecular flexibility index (Phi) is 6.28. The number of hydrogen-bond donors (Lipinski definition) is 5. The molecule has 0 saturated heterocycles. The molecule has 182 valence electrons. The van der Waals surface area contributed by atoms with Crippen LogP contribution in [-0.2, 0) is 0 Å². The van der Waals surface area contributed by atoms with Crippen molar-refractivity contribution in [3.05, 3.63) is 54.2 Å². The van der Waals surface area contributed by atoms with Gasteiger partial charge in [0, 0.05) is 24.3 Å². The lowest BCUT2D eigenvalue weighted by Crippen LogP contribution is -2.48. The maximum atomic E-state index is 11.3. The van der Waals surface area contributed by atoms with Crippen LogP contribution in [0.2, 0.25) is 0 Å². The number of benzene rings is 2. The number of ether oxygens (including phenoxy) is 1. The van der Waals surface area contributed by atoms with Crippen molar-refractivity contribution in [1.82, 2.24) is 15.0 Å². The highest BCUT2D eigenvalue weighted by atomic mass is 32.1. The number of anilines is 3. The molecule has 1 saturated carbocycles. The van der Waals surface area contributed by atoms with E-state index in [0.717, 1.165) is 15.9 Å². The molecule has 1 fully saturated rings. The van der Waals surface area contributed by atoms with Crippen LogP contribution in [0.1, 0.15) is 18.5 Å². The zero-order chi connectivity index (χ0) is 24.6. The Morgan fingerprint density at radius 1 is 1.14 bits per heavy atom. The molecule has 1 aliphatic carbocycles. The number of aromatic nitrogens is 3. The Morgan fingerprint density at radius 3 is 2.71 bits per heavy atom. The molecule has 0 amide bonds. The Bertz CT molecular complexity index is 1330. The largest absolute Gasteiger partial charge is 0.497 e. The molecule has 2 heterocycles. The Morgan fingerprint density at radius 2 is 1.97 bits per heavy atom. The summed E-state index contributed by atoms with van der Waals surface area (Å²) in [6.45, 7) is 1.65. The monoisotopic (exact) mass is 493 g/mol. The van der Waals surface area contributed by atoms with Crippen molar-refractivity contribution in [1.29, 1.82) is 0 Å². The van der Waals surface area contributed by atoms with Gasteiger partial charge in [-0.15, -0.1) is 11.3 Å². The summed E-state index contributed by atoms with van der Waals surface area (Å²) in [7, 11) is 1.60. The number of para-hydroxylation sites is 1. The summed E-state index contributed by atoms with van der Waals surface area (Å²) in [6.07, 6.45) is -0.405. The predicted molar refractivity (Wildman–Crippen MR) is 136 cm³/mol. The number of nitrogens with zero attached hydrogens (tertiary/aromatic N) is 3. The lowest BCUT2D eigenvalue weighted by molar-refractivity contribution is -0.0545. The fraction of sp³-hybridized carbons (Fsp3) is 0.320. The number of aryl methyl sites for hydroxylation is 1. The summed E-state index contributed by atoms with van der Waals surface area (Å²) in [5.74, 6) is 0.935. The highest BCUT2D eigenvalue weighted by molar-refractivity contribution is 7.21.